The first-order chi connectivity index (χ1) is 8.86. The molecule has 0 amide bonds. The summed E-state index contributed by atoms with van der Waals surface area (Å²) in [5.41, 5.74) is 2.52. The average molecular weight is 256 g/mol. The molecule has 0 unspecified atom stereocenters. The normalized spacial score (nSPS) is 15.3. The van der Waals surface area contributed by atoms with Gasteiger partial charge in [-0.15, -0.1) is 17.9 Å². The van der Waals surface area contributed by atoms with Gasteiger partial charge >= 0.3 is 0 Å². The minimum absolute atomic E-state index is 0.970. The van der Waals surface area contributed by atoms with Crippen molar-refractivity contribution in [3.8, 4) is 10.6 Å². The molecule has 0 fully saturated rings. The highest BCUT2D eigenvalue weighted by molar-refractivity contribution is 7.15. The Morgan fingerprint density at radius 1 is 1.33 bits per heavy atom. The molecule has 18 heavy (non-hydrogen) atoms. The molecule has 0 spiro atoms. The molecular weight excluding hydrogens is 240 g/mol. The van der Waals surface area contributed by atoms with Crippen molar-refractivity contribution in [1.29, 1.82) is 0 Å². The van der Waals surface area contributed by atoms with Crippen molar-refractivity contribution in [2.75, 3.05) is 13.1 Å². The standard InChI is InChI=1S/C15H16N2S/c1-2-9-17-10-8-13-14(11-17)18-15(16-13)12-6-4-3-5-7-12/h2-7H,1,8-11H2. The Morgan fingerprint density at radius 3 is 2.94 bits per heavy atom. The quantitative estimate of drug-likeness (QED) is 0.783. The first-order valence-electron chi connectivity index (χ1n) is 6.24. The van der Waals surface area contributed by atoms with Crippen LogP contribution >= 0.6 is 11.3 Å². The lowest BCUT2D eigenvalue weighted by atomic mass is 10.2. The molecule has 3 rings (SSSR count). The lowest BCUT2D eigenvalue weighted by molar-refractivity contribution is 0.284. The third-order valence-corrected chi connectivity index (χ3v) is 4.35. The Bertz CT molecular complexity index is 545. The summed E-state index contributed by atoms with van der Waals surface area (Å²) in [7, 11) is 0. The van der Waals surface area contributed by atoms with E-state index >= 15 is 0 Å². The number of fused-ring (bicyclic) bond motifs is 1. The van der Waals surface area contributed by atoms with Crippen LogP contribution in [0.3, 0.4) is 0 Å². The van der Waals surface area contributed by atoms with Gasteiger partial charge in [-0.2, -0.15) is 0 Å². The van der Waals surface area contributed by atoms with Gasteiger partial charge in [0.1, 0.15) is 5.01 Å². The minimum Gasteiger partial charge on any atom is -0.294 e. The van der Waals surface area contributed by atoms with Crippen molar-refractivity contribution in [1.82, 2.24) is 9.88 Å². The van der Waals surface area contributed by atoms with Crippen LogP contribution < -0.4 is 0 Å². The fraction of sp³-hybridized carbons (Fsp3) is 0.267. The molecule has 0 radical (unpaired) electrons. The van der Waals surface area contributed by atoms with Gasteiger partial charge < -0.3 is 0 Å². The smallest absolute Gasteiger partial charge is 0.123 e. The lowest BCUT2D eigenvalue weighted by Crippen LogP contribution is -2.29. The van der Waals surface area contributed by atoms with E-state index in [9.17, 15) is 0 Å². The number of hydrogen-bond donors (Lipinski definition) is 0. The van der Waals surface area contributed by atoms with Crippen molar-refractivity contribution in [2.45, 2.75) is 13.0 Å². The van der Waals surface area contributed by atoms with Crippen molar-refractivity contribution in [3.63, 3.8) is 0 Å². The average Bonchev–Trinajstić information content (AvgIpc) is 2.83. The maximum atomic E-state index is 4.78. The molecule has 0 bridgehead atoms. The van der Waals surface area contributed by atoms with Crippen LogP contribution in [0, 0.1) is 0 Å². The molecule has 1 aliphatic rings. The Kier molecular flexibility index (Phi) is 3.26. The van der Waals surface area contributed by atoms with Crippen LogP contribution in [0.15, 0.2) is 43.0 Å². The molecule has 3 heteroatoms. The molecule has 1 aromatic carbocycles. The SMILES string of the molecule is C=CCN1CCc2nc(-c3ccccc3)sc2C1. The molecule has 1 aliphatic heterocycles. The number of hydrogen-bond acceptors (Lipinski definition) is 3. The summed E-state index contributed by atoms with van der Waals surface area (Å²) in [6.45, 7) is 6.89. The van der Waals surface area contributed by atoms with Crippen LogP contribution in [0.4, 0.5) is 0 Å². The highest BCUT2D eigenvalue weighted by atomic mass is 32.1. The maximum absolute atomic E-state index is 4.78. The summed E-state index contributed by atoms with van der Waals surface area (Å²) in [4.78, 5) is 8.62. The highest BCUT2D eigenvalue weighted by Crippen LogP contribution is 2.31. The number of benzene rings is 1. The zero-order valence-corrected chi connectivity index (χ0v) is 11.1. The van der Waals surface area contributed by atoms with Gasteiger partial charge in [-0.05, 0) is 0 Å². The largest absolute Gasteiger partial charge is 0.294 e. The Labute approximate surface area is 112 Å². The topological polar surface area (TPSA) is 16.1 Å². The first kappa shape index (κ1) is 11.6. The predicted octanol–water partition coefficient (Wildman–Crippen LogP) is 3.35. The minimum atomic E-state index is 0.970. The van der Waals surface area contributed by atoms with Crippen LogP contribution in [0.2, 0.25) is 0 Å². The third-order valence-electron chi connectivity index (χ3n) is 3.22. The fourth-order valence-corrected chi connectivity index (χ4v) is 3.45. The second kappa shape index (κ2) is 5.04. The molecule has 0 N–H and O–H groups in total. The third kappa shape index (κ3) is 2.24. The van der Waals surface area contributed by atoms with E-state index in [0.29, 0.717) is 0 Å². The first-order valence-corrected chi connectivity index (χ1v) is 7.05. The van der Waals surface area contributed by atoms with Gasteiger partial charge in [-0.25, -0.2) is 4.98 Å². The van der Waals surface area contributed by atoms with Crippen LogP contribution in [-0.4, -0.2) is 23.0 Å². The number of thiazole rings is 1. The zero-order chi connectivity index (χ0) is 12.4. The monoisotopic (exact) mass is 256 g/mol. The summed E-state index contributed by atoms with van der Waals surface area (Å²) in [6.07, 6.45) is 3.04. The second-order valence-electron chi connectivity index (χ2n) is 4.53. The second-order valence-corrected chi connectivity index (χ2v) is 5.61. The van der Waals surface area contributed by atoms with Gasteiger partial charge in [0.2, 0.25) is 0 Å². The molecular formula is C15H16N2S. The van der Waals surface area contributed by atoms with Gasteiger partial charge in [0, 0.05) is 36.5 Å². The van der Waals surface area contributed by atoms with E-state index in [-0.39, 0.29) is 0 Å². The van der Waals surface area contributed by atoms with Crippen molar-refractivity contribution >= 4 is 11.3 Å². The Morgan fingerprint density at radius 2 is 2.17 bits per heavy atom. The van der Waals surface area contributed by atoms with Gasteiger partial charge in [0.25, 0.3) is 0 Å². The summed E-state index contributed by atoms with van der Waals surface area (Å²) < 4.78 is 0. The van der Waals surface area contributed by atoms with E-state index in [1.807, 2.05) is 23.5 Å². The van der Waals surface area contributed by atoms with E-state index in [0.717, 1.165) is 31.1 Å². The van der Waals surface area contributed by atoms with Gasteiger partial charge in [0.15, 0.2) is 0 Å². The number of nitrogens with zero attached hydrogens (tertiary/aromatic N) is 2. The lowest BCUT2D eigenvalue weighted by Gasteiger charge is -2.24. The van der Waals surface area contributed by atoms with E-state index in [4.69, 9.17) is 4.98 Å². The van der Waals surface area contributed by atoms with Gasteiger partial charge in [0.05, 0.1) is 5.69 Å². The van der Waals surface area contributed by atoms with Crippen molar-refractivity contribution < 1.29 is 0 Å². The predicted molar refractivity (Wildman–Crippen MR) is 76.7 cm³/mol. The molecule has 0 saturated carbocycles. The van der Waals surface area contributed by atoms with Gasteiger partial charge in [-0.3, -0.25) is 4.90 Å². The maximum Gasteiger partial charge on any atom is 0.123 e. The van der Waals surface area contributed by atoms with Crippen LogP contribution in [0.5, 0.6) is 0 Å². The number of rotatable bonds is 3. The summed E-state index contributed by atoms with van der Waals surface area (Å²) in [5, 5.41) is 1.15. The Hall–Kier alpha value is -1.45. The Balaban J connectivity index is 1.87. The van der Waals surface area contributed by atoms with Crippen molar-refractivity contribution in [2.24, 2.45) is 0 Å². The van der Waals surface area contributed by atoms with E-state index in [1.54, 1.807) is 0 Å². The van der Waals surface area contributed by atoms with E-state index in [2.05, 4.69) is 35.7 Å². The van der Waals surface area contributed by atoms with Crippen molar-refractivity contribution in [3.05, 3.63) is 53.6 Å². The zero-order valence-electron chi connectivity index (χ0n) is 10.3. The van der Waals surface area contributed by atoms with Crippen LogP contribution in [0.25, 0.3) is 10.6 Å². The molecule has 2 nitrogen and oxygen atoms in total. The van der Waals surface area contributed by atoms with E-state index < -0.39 is 0 Å². The summed E-state index contributed by atoms with van der Waals surface area (Å²) in [5.74, 6) is 0. The molecule has 2 aromatic rings. The van der Waals surface area contributed by atoms with E-state index in [1.165, 1.54) is 16.1 Å². The fourth-order valence-electron chi connectivity index (χ4n) is 2.29. The highest BCUT2D eigenvalue weighted by Gasteiger charge is 2.20. The molecule has 92 valence electrons. The summed E-state index contributed by atoms with van der Waals surface area (Å²) in [6, 6.07) is 10.4. The molecule has 0 atom stereocenters. The van der Waals surface area contributed by atoms with Crippen LogP contribution in [-0.2, 0) is 13.0 Å². The molecule has 0 aliphatic carbocycles. The molecule has 2 heterocycles. The summed E-state index contributed by atoms with van der Waals surface area (Å²) >= 11 is 1.83. The van der Waals surface area contributed by atoms with Crippen LogP contribution in [0.1, 0.15) is 10.6 Å². The number of aromatic nitrogens is 1. The molecule has 0 saturated heterocycles. The molecule has 1 aromatic heterocycles. The van der Waals surface area contributed by atoms with Gasteiger partial charge in [-0.1, -0.05) is 36.4 Å².